The lowest BCUT2D eigenvalue weighted by Gasteiger charge is -2.26. The maximum Gasteiger partial charge on any atom is 0.255 e. The van der Waals surface area contributed by atoms with Gasteiger partial charge in [-0.25, -0.2) is 8.42 Å². The molecule has 0 spiro atoms. The number of carbonyl (C=O) groups is 1. The van der Waals surface area contributed by atoms with Crippen LogP contribution in [0.3, 0.4) is 0 Å². The maximum atomic E-state index is 12.9. The second kappa shape index (κ2) is 8.72. The van der Waals surface area contributed by atoms with Crippen LogP contribution in [0.4, 0.5) is 0 Å². The first-order valence-corrected chi connectivity index (χ1v) is 10.5. The zero-order valence-corrected chi connectivity index (χ0v) is 16.8. The highest BCUT2D eigenvalue weighted by atomic mass is 32.2. The fourth-order valence-electron chi connectivity index (χ4n) is 3.04. The number of ether oxygens (including phenoxy) is 2. The molecule has 0 saturated carbocycles. The Labute approximate surface area is 165 Å². The minimum atomic E-state index is -3.70. The molecule has 1 fully saturated rings. The van der Waals surface area contributed by atoms with Crippen LogP contribution in [-0.4, -0.2) is 52.0 Å². The number of rotatable bonds is 6. The Hall–Kier alpha value is -2.42. The highest BCUT2D eigenvalue weighted by Gasteiger charge is 2.28. The van der Waals surface area contributed by atoms with Gasteiger partial charge in [-0.1, -0.05) is 24.3 Å². The molecule has 1 amide bonds. The van der Waals surface area contributed by atoms with E-state index >= 15 is 0 Å². The number of nitrogens with one attached hydrogen (secondary N) is 1. The molecule has 3 rings (SSSR count). The molecule has 1 aliphatic heterocycles. The predicted octanol–water partition coefficient (Wildman–Crippen LogP) is 1.95. The third-order valence-electron chi connectivity index (χ3n) is 4.72. The van der Waals surface area contributed by atoms with Crippen molar-refractivity contribution in [1.82, 2.24) is 9.62 Å². The molecule has 0 atom stereocenters. The summed E-state index contributed by atoms with van der Waals surface area (Å²) < 4.78 is 37.6. The van der Waals surface area contributed by atoms with Crippen molar-refractivity contribution in [2.24, 2.45) is 0 Å². The van der Waals surface area contributed by atoms with Crippen molar-refractivity contribution in [3.63, 3.8) is 0 Å². The van der Waals surface area contributed by atoms with E-state index in [9.17, 15) is 13.2 Å². The number of sulfonamides is 1. The average molecular weight is 404 g/mol. The zero-order chi connectivity index (χ0) is 20.1. The minimum absolute atomic E-state index is 0.0660. The van der Waals surface area contributed by atoms with Crippen molar-refractivity contribution < 1.29 is 22.7 Å². The summed E-state index contributed by atoms with van der Waals surface area (Å²) in [5, 5.41) is 2.84. The van der Waals surface area contributed by atoms with Crippen molar-refractivity contribution >= 4 is 15.9 Å². The molecule has 0 aromatic heterocycles. The van der Waals surface area contributed by atoms with E-state index in [1.165, 1.54) is 29.6 Å². The van der Waals surface area contributed by atoms with Crippen molar-refractivity contribution in [3.05, 3.63) is 59.2 Å². The third kappa shape index (κ3) is 4.35. The molecule has 0 bridgehead atoms. The lowest BCUT2D eigenvalue weighted by Crippen LogP contribution is -2.40. The second-order valence-corrected chi connectivity index (χ2v) is 8.43. The summed E-state index contributed by atoms with van der Waals surface area (Å²) >= 11 is 0. The molecule has 8 heteroatoms. The van der Waals surface area contributed by atoms with E-state index < -0.39 is 10.0 Å². The van der Waals surface area contributed by atoms with Crippen LogP contribution in [0.5, 0.6) is 5.75 Å². The molecule has 28 heavy (non-hydrogen) atoms. The van der Waals surface area contributed by atoms with Gasteiger partial charge < -0.3 is 14.8 Å². The number of hydrogen-bond donors (Lipinski definition) is 1. The molecule has 1 aliphatic rings. The van der Waals surface area contributed by atoms with Gasteiger partial charge in [0, 0.05) is 19.6 Å². The molecule has 1 N–H and O–H groups in total. The second-order valence-electron chi connectivity index (χ2n) is 6.49. The molecule has 0 unspecified atom stereocenters. The van der Waals surface area contributed by atoms with Crippen molar-refractivity contribution in [1.29, 1.82) is 0 Å². The number of hydrogen-bond acceptors (Lipinski definition) is 5. The van der Waals surface area contributed by atoms with Gasteiger partial charge in [-0.05, 0) is 36.2 Å². The average Bonchev–Trinajstić information content (AvgIpc) is 2.73. The Balaban J connectivity index is 1.84. The van der Waals surface area contributed by atoms with E-state index in [0.717, 1.165) is 11.1 Å². The van der Waals surface area contributed by atoms with E-state index in [1.54, 1.807) is 0 Å². The molecular weight excluding hydrogens is 380 g/mol. The van der Waals surface area contributed by atoms with Gasteiger partial charge in [0.15, 0.2) is 0 Å². The number of amides is 1. The maximum absolute atomic E-state index is 12.9. The summed E-state index contributed by atoms with van der Waals surface area (Å²) in [6, 6.07) is 12.1. The van der Waals surface area contributed by atoms with Crippen LogP contribution in [0.2, 0.25) is 0 Å². The van der Waals surface area contributed by atoms with E-state index in [4.69, 9.17) is 9.47 Å². The highest BCUT2D eigenvalue weighted by molar-refractivity contribution is 7.89. The van der Waals surface area contributed by atoms with Crippen LogP contribution in [0.25, 0.3) is 0 Å². The van der Waals surface area contributed by atoms with Gasteiger partial charge in [-0.15, -0.1) is 0 Å². The van der Waals surface area contributed by atoms with Crippen molar-refractivity contribution in [3.8, 4) is 5.75 Å². The Kier molecular flexibility index (Phi) is 6.33. The number of carbonyl (C=O) groups excluding carboxylic acids is 1. The Morgan fingerprint density at radius 3 is 2.57 bits per heavy atom. The number of aryl methyl sites for hydroxylation is 1. The third-order valence-corrected chi connectivity index (χ3v) is 6.62. The van der Waals surface area contributed by atoms with Crippen molar-refractivity contribution in [2.45, 2.75) is 18.4 Å². The number of nitrogens with zero attached hydrogens (tertiary/aromatic N) is 1. The number of benzene rings is 2. The van der Waals surface area contributed by atoms with Gasteiger partial charge in [0.05, 0.1) is 30.8 Å². The van der Waals surface area contributed by atoms with Crippen LogP contribution in [0.15, 0.2) is 47.4 Å². The first kappa shape index (κ1) is 20.3. The van der Waals surface area contributed by atoms with Crippen LogP contribution < -0.4 is 10.1 Å². The molecule has 150 valence electrons. The molecule has 0 radical (unpaired) electrons. The van der Waals surface area contributed by atoms with Crippen LogP contribution in [0, 0.1) is 6.92 Å². The van der Waals surface area contributed by atoms with Crippen LogP contribution >= 0.6 is 0 Å². The molecule has 7 nitrogen and oxygen atoms in total. The van der Waals surface area contributed by atoms with Gasteiger partial charge >= 0.3 is 0 Å². The Morgan fingerprint density at radius 2 is 1.89 bits per heavy atom. The van der Waals surface area contributed by atoms with Crippen LogP contribution in [0.1, 0.15) is 21.5 Å². The lowest BCUT2D eigenvalue weighted by molar-refractivity contribution is 0.0730. The monoisotopic (exact) mass is 404 g/mol. The van der Waals surface area contributed by atoms with Gasteiger partial charge in [-0.2, -0.15) is 4.31 Å². The predicted molar refractivity (Wildman–Crippen MR) is 105 cm³/mol. The summed E-state index contributed by atoms with van der Waals surface area (Å²) in [7, 11) is -2.25. The first-order valence-electron chi connectivity index (χ1n) is 9.02. The Morgan fingerprint density at radius 1 is 1.18 bits per heavy atom. The molecule has 2 aromatic carbocycles. The van der Waals surface area contributed by atoms with E-state index in [0.29, 0.717) is 38.6 Å². The summed E-state index contributed by atoms with van der Waals surface area (Å²) in [5.74, 6) is -0.0673. The van der Waals surface area contributed by atoms with Crippen LogP contribution in [-0.2, 0) is 21.3 Å². The number of morpholine rings is 1. The van der Waals surface area contributed by atoms with E-state index in [2.05, 4.69) is 5.32 Å². The van der Waals surface area contributed by atoms with Gasteiger partial charge in [0.25, 0.3) is 5.91 Å². The Bertz CT molecular complexity index is 953. The molecule has 1 heterocycles. The van der Waals surface area contributed by atoms with Gasteiger partial charge in [-0.3, -0.25) is 4.79 Å². The van der Waals surface area contributed by atoms with Crippen molar-refractivity contribution in [2.75, 3.05) is 33.4 Å². The van der Waals surface area contributed by atoms with Gasteiger partial charge in [0.1, 0.15) is 5.75 Å². The first-order chi connectivity index (χ1) is 13.4. The number of methoxy groups -OCH3 is 1. The molecule has 1 saturated heterocycles. The fourth-order valence-corrected chi connectivity index (χ4v) is 4.47. The zero-order valence-electron chi connectivity index (χ0n) is 16.0. The SMILES string of the molecule is COc1ccc(S(=O)(=O)N2CCOCC2)cc1C(=O)NCc1ccccc1C. The highest BCUT2D eigenvalue weighted by Crippen LogP contribution is 2.25. The molecule has 2 aromatic rings. The molecule has 0 aliphatic carbocycles. The lowest BCUT2D eigenvalue weighted by atomic mass is 10.1. The van der Waals surface area contributed by atoms with E-state index in [-0.39, 0.29) is 16.4 Å². The largest absolute Gasteiger partial charge is 0.496 e. The van der Waals surface area contributed by atoms with E-state index in [1.807, 2.05) is 31.2 Å². The quantitative estimate of drug-likeness (QED) is 0.796. The standard InChI is InChI=1S/C20H24N2O5S/c1-15-5-3-4-6-16(15)14-21-20(23)18-13-17(7-8-19(18)26-2)28(24,25)22-9-11-27-12-10-22/h3-8,13H,9-12,14H2,1-2H3,(H,21,23). The summed E-state index contributed by atoms with van der Waals surface area (Å²) in [6.07, 6.45) is 0. The summed E-state index contributed by atoms with van der Waals surface area (Å²) in [5.41, 5.74) is 2.25. The summed E-state index contributed by atoms with van der Waals surface area (Å²) in [6.45, 7) is 3.62. The topological polar surface area (TPSA) is 84.9 Å². The normalized spacial score (nSPS) is 15.2. The minimum Gasteiger partial charge on any atom is -0.496 e. The van der Waals surface area contributed by atoms with Gasteiger partial charge in [0.2, 0.25) is 10.0 Å². The summed E-state index contributed by atoms with van der Waals surface area (Å²) in [4.78, 5) is 12.8. The fraction of sp³-hybridized carbons (Fsp3) is 0.350. The smallest absolute Gasteiger partial charge is 0.255 e. The molecular formula is C20H24N2O5S.